The first-order valence-corrected chi connectivity index (χ1v) is 6.17. The highest BCUT2D eigenvalue weighted by Crippen LogP contribution is 2.17. The van der Waals surface area contributed by atoms with Crippen molar-refractivity contribution in [3.05, 3.63) is 36.7 Å². The van der Waals surface area contributed by atoms with Gasteiger partial charge in [-0.05, 0) is 44.5 Å². The highest BCUT2D eigenvalue weighted by Gasteiger charge is 2.21. The number of hydrogen-bond acceptors (Lipinski definition) is 3. The summed E-state index contributed by atoms with van der Waals surface area (Å²) in [5, 5.41) is 0. The minimum atomic E-state index is 0. The van der Waals surface area contributed by atoms with Crippen LogP contribution in [0.25, 0.3) is 0 Å². The Bertz CT molecular complexity index is 387. The maximum Gasteiger partial charge on any atom is 0.137 e. The van der Waals surface area contributed by atoms with Gasteiger partial charge in [-0.15, -0.1) is 31.4 Å². The Kier molecular flexibility index (Phi) is 8.81. The third-order valence-corrected chi connectivity index (χ3v) is 3.26. The number of aromatic nitrogens is 1. The predicted octanol–water partition coefficient (Wildman–Crippen LogP) is 3.13. The molecule has 0 amide bonds. The molecule has 1 atom stereocenters. The lowest BCUT2D eigenvalue weighted by Gasteiger charge is -2.19. The van der Waals surface area contributed by atoms with Gasteiger partial charge in [0.15, 0.2) is 0 Å². The lowest BCUT2D eigenvalue weighted by atomic mass is 10.2. The van der Waals surface area contributed by atoms with E-state index in [9.17, 15) is 0 Å². The molecular formula is C14H22Cl2N2O. The van der Waals surface area contributed by atoms with Gasteiger partial charge in [-0.2, -0.15) is 0 Å². The van der Waals surface area contributed by atoms with Gasteiger partial charge in [0.05, 0.1) is 6.20 Å². The molecule has 19 heavy (non-hydrogen) atoms. The first-order valence-electron chi connectivity index (χ1n) is 6.17. The molecule has 0 unspecified atom stereocenters. The molecule has 5 heteroatoms. The number of likely N-dealkylation sites (tertiary alicyclic amines) is 1. The lowest BCUT2D eigenvalue weighted by molar-refractivity contribution is 0.197. The largest absolute Gasteiger partial charge is 0.490 e. The molecule has 1 saturated heterocycles. The summed E-state index contributed by atoms with van der Waals surface area (Å²) in [6, 6.07) is 2.60. The van der Waals surface area contributed by atoms with Crippen LogP contribution in [0, 0.1) is 0 Å². The predicted molar refractivity (Wildman–Crippen MR) is 83.8 cm³/mol. The molecule has 3 nitrogen and oxygen atoms in total. The van der Waals surface area contributed by atoms with Gasteiger partial charge < -0.3 is 9.64 Å². The molecule has 0 saturated carbocycles. The maximum absolute atomic E-state index is 5.81. The van der Waals surface area contributed by atoms with Gasteiger partial charge in [0.25, 0.3) is 0 Å². The van der Waals surface area contributed by atoms with E-state index in [1.165, 1.54) is 19.4 Å². The number of nitrogens with zero attached hydrogens (tertiary/aromatic N) is 2. The molecule has 1 aromatic rings. The lowest BCUT2D eigenvalue weighted by Crippen LogP contribution is -2.30. The van der Waals surface area contributed by atoms with Crippen LogP contribution >= 0.6 is 24.8 Å². The zero-order valence-corrected chi connectivity index (χ0v) is 12.9. The van der Waals surface area contributed by atoms with Crippen molar-refractivity contribution in [1.82, 2.24) is 9.88 Å². The summed E-state index contributed by atoms with van der Waals surface area (Å²) >= 11 is 0. The minimum absolute atomic E-state index is 0. The fourth-order valence-corrected chi connectivity index (χ4v) is 2.20. The van der Waals surface area contributed by atoms with Gasteiger partial charge in [-0.3, -0.25) is 4.98 Å². The summed E-state index contributed by atoms with van der Waals surface area (Å²) in [7, 11) is 2.16. The number of likely N-dealkylation sites (N-methyl/N-ethyl adjacent to an activating group) is 1. The number of ether oxygens (including phenoxy) is 1. The van der Waals surface area contributed by atoms with Crippen molar-refractivity contribution in [2.75, 3.05) is 20.2 Å². The van der Waals surface area contributed by atoms with Crippen molar-refractivity contribution >= 4 is 24.8 Å². The quantitative estimate of drug-likeness (QED) is 0.782. The van der Waals surface area contributed by atoms with E-state index in [0.717, 1.165) is 24.3 Å². The SMILES string of the molecule is C=CCc1cncc(OC[C@@H]2CCCN2C)c1.Cl.Cl. The second-order valence-electron chi connectivity index (χ2n) is 4.61. The van der Waals surface area contributed by atoms with Crippen LogP contribution in [-0.4, -0.2) is 36.1 Å². The Balaban J connectivity index is 0.00000162. The average Bonchev–Trinajstić information content (AvgIpc) is 2.73. The Hall–Kier alpha value is -0.770. The van der Waals surface area contributed by atoms with Gasteiger partial charge in [0.2, 0.25) is 0 Å². The monoisotopic (exact) mass is 304 g/mol. The summed E-state index contributed by atoms with van der Waals surface area (Å²) in [5.74, 6) is 0.865. The second-order valence-corrected chi connectivity index (χ2v) is 4.61. The van der Waals surface area contributed by atoms with E-state index in [-0.39, 0.29) is 24.8 Å². The molecule has 0 radical (unpaired) electrons. The molecule has 0 aromatic carbocycles. The summed E-state index contributed by atoms with van der Waals surface area (Å²) in [4.78, 5) is 6.54. The molecule has 1 aliphatic heterocycles. The molecule has 2 heterocycles. The van der Waals surface area contributed by atoms with E-state index in [2.05, 4.69) is 23.5 Å². The van der Waals surface area contributed by atoms with E-state index >= 15 is 0 Å². The molecule has 0 spiro atoms. The van der Waals surface area contributed by atoms with E-state index in [0.29, 0.717) is 6.04 Å². The summed E-state index contributed by atoms with van der Waals surface area (Å²) in [6.45, 7) is 5.67. The molecular weight excluding hydrogens is 283 g/mol. The average molecular weight is 305 g/mol. The van der Waals surface area contributed by atoms with Gasteiger partial charge in [0.1, 0.15) is 12.4 Å². The van der Waals surface area contributed by atoms with Crippen LogP contribution in [0.3, 0.4) is 0 Å². The van der Waals surface area contributed by atoms with Crippen molar-refractivity contribution in [3.63, 3.8) is 0 Å². The zero-order chi connectivity index (χ0) is 12.1. The minimum Gasteiger partial charge on any atom is -0.490 e. The number of pyridine rings is 1. The van der Waals surface area contributed by atoms with Crippen molar-refractivity contribution in [3.8, 4) is 5.75 Å². The van der Waals surface area contributed by atoms with Crippen molar-refractivity contribution in [1.29, 1.82) is 0 Å². The smallest absolute Gasteiger partial charge is 0.137 e. The van der Waals surface area contributed by atoms with Crippen LogP contribution in [-0.2, 0) is 6.42 Å². The summed E-state index contributed by atoms with van der Waals surface area (Å²) in [5.41, 5.74) is 1.15. The van der Waals surface area contributed by atoms with Crippen molar-refractivity contribution < 1.29 is 4.74 Å². The van der Waals surface area contributed by atoms with E-state index < -0.39 is 0 Å². The highest BCUT2D eigenvalue weighted by atomic mass is 35.5. The third-order valence-electron chi connectivity index (χ3n) is 3.26. The van der Waals surface area contributed by atoms with Crippen LogP contribution in [0.1, 0.15) is 18.4 Å². The Morgan fingerprint density at radius 3 is 2.89 bits per heavy atom. The number of halogens is 2. The standard InChI is InChI=1S/C14H20N2O.2ClH/c1-3-5-12-8-14(10-15-9-12)17-11-13-6-4-7-16(13)2;;/h3,8-10,13H,1,4-7,11H2,2H3;2*1H/t13-;;/m0../s1. The molecule has 1 aromatic heterocycles. The van der Waals surface area contributed by atoms with Crippen LogP contribution in [0.15, 0.2) is 31.1 Å². The van der Waals surface area contributed by atoms with Crippen LogP contribution < -0.4 is 4.74 Å². The normalized spacial score (nSPS) is 18.3. The molecule has 0 bridgehead atoms. The number of allylic oxidation sites excluding steroid dienone is 1. The third kappa shape index (κ3) is 5.39. The molecule has 2 rings (SSSR count). The molecule has 0 N–H and O–H groups in total. The summed E-state index contributed by atoms with van der Waals surface area (Å²) in [6.07, 6.45) is 8.87. The molecule has 1 aliphatic rings. The Morgan fingerprint density at radius 2 is 2.26 bits per heavy atom. The van der Waals surface area contributed by atoms with Crippen molar-refractivity contribution in [2.45, 2.75) is 25.3 Å². The molecule has 0 aliphatic carbocycles. The topological polar surface area (TPSA) is 25.4 Å². The highest BCUT2D eigenvalue weighted by molar-refractivity contribution is 5.85. The van der Waals surface area contributed by atoms with Gasteiger partial charge >= 0.3 is 0 Å². The number of hydrogen-bond donors (Lipinski definition) is 0. The van der Waals surface area contributed by atoms with Crippen molar-refractivity contribution in [2.24, 2.45) is 0 Å². The first kappa shape index (κ1) is 18.2. The van der Waals surface area contributed by atoms with Crippen LogP contribution in [0.5, 0.6) is 5.75 Å². The Morgan fingerprint density at radius 1 is 1.47 bits per heavy atom. The zero-order valence-electron chi connectivity index (χ0n) is 11.2. The van der Waals surface area contributed by atoms with Gasteiger partial charge in [0, 0.05) is 12.2 Å². The fourth-order valence-electron chi connectivity index (χ4n) is 2.20. The second kappa shape index (κ2) is 9.18. The molecule has 108 valence electrons. The summed E-state index contributed by atoms with van der Waals surface area (Å²) < 4.78 is 5.81. The van der Waals surface area contributed by atoms with E-state index in [4.69, 9.17) is 4.74 Å². The Labute approximate surface area is 127 Å². The van der Waals surface area contributed by atoms with Gasteiger partial charge in [-0.25, -0.2) is 0 Å². The van der Waals surface area contributed by atoms with E-state index in [1.54, 1.807) is 6.20 Å². The van der Waals surface area contributed by atoms with E-state index in [1.807, 2.05) is 18.3 Å². The first-order chi connectivity index (χ1) is 8.29. The maximum atomic E-state index is 5.81. The van der Waals surface area contributed by atoms with Crippen LogP contribution in [0.4, 0.5) is 0 Å². The molecule has 1 fully saturated rings. The fraction of sp³-hybridized carbons (Fsp3) is 0.500. The van der Waals surface area contributed by atoms with Crippen LogP contribution in [0.2, 0.25) is 0 Å². The van der Waals surface area contributed by atoms with Gasteiger partial charge in [-0.1, -0.05) is 6.08 Å². The number of rotatable bonds is 5.